The number of hydrogen-bond donors (Lipinski definition) is 3. The molecule has 5 heteroatoms. The molecule has 0 spiro atoms. The summed E-state index contributed by atoms with van der Waals surface area (Å²) in [7, 11) is 0. The fourth-order valence-corrected chi connectivity index (χ4v) is 0.797. The molecule has 0 saturated carbocycles. The Kier molecular flexibility index (Phi) is 2.75. The molecule has 1 rings (SSSR count). The van der Waals surface area contributed by atoms with Gasteiger partial charge in [-0.25, -0.2) is 5.10 Å². The second-order valence-electron chi connectivity index (χ2n) is 3.92. The van der Waals surface area contributed by atoms with Gasteiger partial charge < -0.3 is 11.1 Å². The number of nitrogens with one attached hydrogen (secondary N) is 2. The van der Waals surface area contributed by atoms with E-state index in [0.717, 1.165) is 13.0 Å². The van der Waals surface area contributed by atoms with E-state index >= 15 is 0 Å². The highest BCUT2D eigenvalue weighted by Gasteiger charge is 2.15. The van der Waals surface area contributed by atoms with Gasteiger partial charge in [-0.1, -0.05) is 20.8 Å². The standard InChI is InChI=1S/C8H17N5/c1-4-8(2,3)5-10-7-11-6(9)12-13-7/h4-5H2,1-3H3,(H4,9,10,11,12,13). The minimum atomic E-state index is 0.259. The topological polar surface area (TPSA) is 79.6 Å². The third-order valence-corrected chi connectivity index (χ3v) is 2.18. The zero-order chi connectivity index (χ0) is 9.90. The summed E-state index contributed by atoms with van der Waals surface area (Å²) in [4.78, 5) is 3.95. The van der Waals surface area contributed by atoms with Crippen LogP contribution in [0.4, 0.5) is 11.9 Å². The first-order valence-electron chi connectivity index (χ1n) is 4.45. The van der Waals surface area contributed by atoms with Crippen molar-refractivity contribution in [3.05, 3.63) is 0 Å². The second kappa shape index (κ2) is 3.64. The number of aromatic nitrogens is 3. The van der Waals surface area contributed by atoms with E-state index in [4.69, 9.17) is 5.73 Å². The van der Waals surface area contributed by atoms with E-state index in [-0.39, 0.29) is 5.41 Å². The van der Waals surface area contributed by atoms with Gasteiger partial charge in [0.25, 0.3) is 0 Å². The maximum atomic E-state index is 5.38. The van der Waals surface area contributed by atoms with Crippen molar-refractivity contribution >= 4 is 11.9 Å². The lowest BCUT2D eigenvalue weighted by Crippen LogP contribution is -2.22. The van der Waals surface area contributed by atoms with Crippen molar-refractivity contribution in [2.24, 2.45) is 5.41 Å². The Labute approximate surface area is 78.1 Å². The van der Waals surface area contributed by atoms with Crippen LogP contribution in [0, 0.1) is 5.41 Å². The number of hydrogen-bond acceptors (Lipinski definition) is 4. The van der Waals surface area contributed by atoms with Gasteiger partial charge in [0.05, 0.1) is 0 Å². The van der Waals surface area contributed by atoms with E-state index in [1.54, 1.807) is 0 Å². The van der Waals surface area contributed by atoms with E-state index in [2.05, 4.69) is 41.3 Å². The van der Waals surface area contributed by atoms with Crippen LogP contribution in [0.15, 0.2) is 0 Å². The average molecular weight is 183 g/mol. The minimum absolute atomic E-state index is 0.259. The molecule has 0 fully saturated rings. The van der Waals surface area contributed by atoms with Gasteiger partial charge in [0.15, 0.2) is 0 Å². The molecular formula is C8H17N5. The number of nitrogens with two attached hydrogens (primary N) is 1. The summed E-state index contributed by atoms with van der Waals surface area (Å²) in [5.41, 5.74) is 5.64. The van der Waals surface area contributed by atoms with Crippen LogP contribution < -0.4 is 11.1 Å². The molecule has 13 heavy (non-hydrogen) atoms. The summed E-state index contributed by atoms with van der Waals surface area (Å²) < 4.78 is 0. The van der Waals surface area contributed by atoms with Crippen LogP contribution in [-0.2, 0) is 0 Å². The van der Waals surface area contributed by atoms with E-state index < -0.39 is 0 Å². The van der Waals surface area contributed by atoms with Crippen LogP contribution in [0.3, 0.4) is 0 Å². The molecule has 0 unspecified atom stereocenters. The number of anilines is 2. The van der Waals surface area contributed by atoms with E-state index in [9.17, 15) is 0 Å². The van der Waals surface area contributed by atoms with E-state index in [1.165, 1.54) is 0 Å². The van der Waals surface area contributed by atoms with Gasteiger partial charge in [-0.15, -0.1) is 5.10 Å². The molecule has 0 atom stereocenters. The Morgan fingerprint density at radius 3 is 2.69 bits per heavy atom. The predicted octanol–water partition coefficient (Wildman–Crippen LogP) is 1.23. The predicted molar refractivity (Wildman–Crippen MR) is 53.4 cm³/mol. The molecular weight excluding hydrogens is 166 g/mol. The molecule has 1 aromatic heterocycles. The van der Waals surface area contributed by atoms with Gasteiger partial charge in [-0.3, -0.25) is 0 Å². The first-order chi connectivity index (χ1) is 6.03. The third-order valence-electron chi connectivity index (χ3n) is 2.18. The molecule has 0 bridgehead atoms. The summed E-state index contributed by atoms with van der Waals surface area (Å²) in [6.45, 7) is 7.39. The zero-order valence-electron chi connectivity index (χ0n) is 8.39. The lowest BCUT2D eigenvalue weighted by atomic mass is 9.90. The number of H-pyrrole nitrogens is 1. The lowest BCUT2D eigenvalue weighted by molar-refractivity contribution is 0.376. The summed E-state index contributed by atoms with van der Waals surface area (Å²) >= 11 is 0. The first-order valence-corrected chi connectivity index (χ1v) is 4.45. The van der Waals surface area contributed by atoms with Crippen molar-refractivity contribution in [3.8, 4) is 0 Å². The quantitative estimate of drug-likeness (QED) is 0.656. The van der Waals surface area contributed by atoms with Crippen molar-refractivity contribution in [1.29, 1.82) is 0 Å². The molecule has 74 valence electrons. The maximum Gasteiger partial charge on any atom is 0.243 e. The number of nitrogens with zero attached hydrogens (tertiary/aromatic N) is 2. The Bertz CT molecular complexity index is 265. The Morgan fingerprint density at radius 2 is 2.23 bits per heavy atom. The van der Waals surface area contributed by atoms with Gasteiger partial charge in [0.1, 0.15) is 0 Å². The van der Waals surface area contributed by atoms with Crippen LogP contribution >= 0.6 is 0 Å². The van der Waals surface area contributed by atoms with Gasteiger partial charge in [0.2, 0.25) is 11.9 Å². The van der Waals surface area contributed by atoms with Crippen LogP contribution in [-0.4, -0.2) is 21.7 Å². The Morgan fingerprint density at radius 1 is 1.54 bits per heavy atom. The van der Waals surface area contributed by atoms with Crippen molar-refractivity contribution in [2.75, 3.05) is 17.6 Å². The van der Waals surface area contributed by atoms with Gasteiger partial charge in [-0.05, 0) is 11.8 Å². The fourth-order valence-electron chi connectivity index (χ4n) is 0.797. The number of nitrogen functional groups attached to an aromatic ring is 1. The van der Waals surface area contributed by atoms with Crippen molar-refractivity contribution in [2.45, 2.75) is 27.2 Å². The Hall–Kier alpha value is -1.26. The van der Waals surface area contributed by atoms with Crippen molar-refractivity contribution in [3.63, 3.8) is 0 Å². The Balaban J connectivity index is 2.43. The van der Waals surface area contributed by atoms with Crippen LogP contribution in [0.1, 0.15) is 27.2 Å². The van der Waals surface area contributed by atoms with Gasteiger partial charge in [0, 0.05) is 6.54 Å². The monoisotopic (exact) mass is 183 g/mol. The normalized spacial score (nSPS) is 11.6. The zero-order valence-corrected chi connectivity index (χ0v) is 8.39. The highest BCUT2D eigenvalue weighted by Crippen LogP contribution is 2.19. The molecule has 1 heterocycles. The first kappa shape index (κ1) is 9.83. The molecule has 0 aliphatic rings. The average Bonchev–Trinajstić information content (AvgIpc) is 2.48. The van der Waals surface area contributed by atoms with Gasteiger partial charge >= 0.3 is 0 Å². The molecule has 0 amide bonds. The summed E-state index contributed by atoms with van der Waals surface area (Å²) in [6.07, 6.45) is 1.11. The van der Waals surface area contributed by atoms with Crippen LogP contribution in [0.5, 0.6) is 0 Å². The molecule has 0 radical (unpaired) electrons. The molecule has 0 saturated heterocycles. The summed E-state index contributed by atoms with van der Waals surface area (Å²) in [6, 6.07) is 0. The van der Waals surface area contributed by atoms with E-state index in [0.29, 0.717) is 11.9 Å². The molecule has 4 N–H and O–H groups in total. The van der Waals surface area contributed by atoms with Crippen LogP contribution in [0.2, 0.25) is 0 Å². The molecule has 0 aromatic carbocycles. The van der Waals surface area contributed by atoms with Crippen LogP contribution in [0.25, 0.3) is 0 Å². The molecule has 1 aromatic rings. The lowest BCUT2D eigenvalue weighted by Gasteiger charge is -2.22. The number of rotatable bonds is 4. The third kappa shape index (κ3) is 2.93. The fraction of sp³-hybridized carbons (Fsp3) is 0.750. The van der Waals surface area contributed by atoms with Crippen molar-refractivity contribution in [1.82, 2.24) is 15.2 Å². The highest BCUT2D eigenvalue weighted by molar-refractivity contribution is 5.29. The molecule has 0 aliphatic carbocycles. The molecule has 0 aliphatic heterocycles. The summed E-state index contributed by atoms with van der Waals surface area (Å²) in [5, 5.41) is 9.58. The highest BCUT2D eigenvalue weighted by atomic mass is 15.3. The number of aromatic amines is 1. The summed E-state index contributed by atoms with van der Waals surface area (Å²) in [5.74, 6) is 0.913. The van der Waals surface area contributed by atoms with E-state index in [1.807, 2.05) is 0 Å². The van der Waals surface area contributed by atoms with Gasteiger partial charge in [-0.2, -0.15) is 4.98 Å². The SMILES string of the molecule is CCC(C)(C)CNc1n[nH]c(N)n1. The maximum absolute atomic E-state index is 5.38. The largest absolute Gasteiger partial charge is 0.368 e. The minimum Gasteiger partial charge on any atom is -0.368 e. The molecule has 5 nitrogen and oxygen atoms in total. The second-order valence-corrected chi connectivity index (χ2v) is 3.92. The van der Waals surface area contributed by atoms with Crippen molar-refractivity contribution < 1.29 is 0 Å². The smallest absolute Gasteiger partial charge is 0.243 e.